The van der Waals surface area contributed by atoms with Gasteiger partial charge < -0.3 is 5.73 Å². The number of hydrogen-bond donors (Lipinski definition) is 1. The highest BCUT2D eigenvalue weighted by Gasteiger charge is 2.11. The van der Waals surface area contributed by atoms with Crippen LogP contribution < -0.4 is 5.73 Å². The SMILES string of the molecule is Cc1ccc2nc(CCCN)c3ncc(C)n3c2c1. The molecule has 0 bridgehead atoms. The monoisotopic (exact) mass is 254 g/mol. The maximum absolute atomic E-state index is 5.60. The first kappa shape index (κ1) is 12.1. The van der Waals surface area contributed by atoms with Gasteiger partial charge in [0.05, 0.1) is 16.7 Å². The van der Waals surface area contributed by atoms with Gasteiger partial charge in [0.25, 0.3) is 0 Å². The Kier molecular flexibility index (Phi) is 2.95. The second-order valence-corrected chi connectivity index (χ2v) is 5.00. The molecule has 98 valence electrons. The third-order valence-electron chi connectivity index (χ3n) is 3.44. The molecule has 2 aromatic heterocycles. The number of aromatic nitrogens is 3. The number of aryl methyl sites for hydroxylation is 3. The molecule has 2 heterocycles. The average molecular weight is 254 g/mol. The zero-order valence-corrected chi connectivity index (χ0v) is 11.3. The fraction of sp³-hybridized carbons (Fsp3) is 0.333. The van der Waals surface area contributed by atoms with Gasteiger partial charge in [-0.05, 0) is 50.9 Å². The summed E-state index contributed by atoms with van der Waals surface area (Å²) >= 11 is 0. The van der Waals surface area contributed by atoms with E-state index in [0.717, 1.165) is 40.9 Å². The summed E-state index contributed by atoms with van der Waals surface area (Å²) in [7, 11) is 0. The van der Waals surface area contributed by atoms with Crippen molar-refractivity contribution in [3.8, 4) is 0 Å². The molecule has 0 unspecified atom stereocenters. The van der Waals surface area contributed by atoms with E-state index in [1.165, 1.54) is 5.56 Å². The van der Waals surface area contributed by atoms with Crippen molar-refractivity contribution in [1.82, 2.24) is 14.4 Å². The third kappa shape index (κ3) is 1.98. The predicted molar refractivity (Wildman–Crippen MR) is 77.3 cm³/mol. The van der Waals surface area contributed by atoms with Gasteiger partial charge in [-0.15, -0.1) is 0 Å². The van der Waals surface area contributed by atoms with Crippen molar-refractivity contribution in [3.05, 3.63) is 41.3 Å². The normalized spacial score (nSPS) is 11.5. The summed E-state index contributed by atoms with van der Waals surface area (Å²) < 4.78 is 2.20. The van der Waals surface area contributed by atoms with E-state index in [4.69, 9.17) is 10.7 Å². The van der Waals surface area contributed by atoms with E-state index in [9.17, 15) is 0 Å². The van der Waals surface area contributed by atoms with E-state index in [-0.39, 0.29) is 0 Å². The molecule has 19 heavy (non-hydrogen) atoms. The van der Waals surface area contributed by atoms with E-state index in [0.29, 0.717) is 6.54 Å². The van der Waals surface area contributed by atoms with Gasteiger partial charge in [0, 0.05) is 11.9 Å². The minimum Gasteiger partial charge on any atom is -0.330 e. The molecule has 0 spiro atoms. The van der Waals surface area contributed by atoms with Gasteiger partial charge in [-0.25, -0.2) is 9.97 Å². The highest BCUT2D eigenvalue weighted by atomic mass is 15.0. The van der Waals surface area contributed by atoms with Crippen LogP contribution in [0.5, 0.6) is 0 Å². The lowest BCUT2D eigenvalue weighted by molar-refractivity contribution is 0.813. The van der Waals surface area contributed by atoms with Crippen LogP contribution in [0.15, 0.2) is 24.4 Å². The molecule has 2 N–H and O–H groups in total. The van der Waals surface area contributed by atoms with Crippen molar-refractivity contribution in [2.24, 2.45) is 5.73 Å². The van der Waals surface area contributed by atoms with Gasteiger partial charge in [-0.3, -0.25) is 4.40 Å². The first-order chi connectivity index (χ1) is 9.20. The van der Waals surface area contributed by atoms with Crippen LogP contribution in [0.1, 0.15) is 23.4 Å². The molecule has 4 nitrogen and oxygen atoms in total. The Balaban J connectivity index is 2.35. The molecule has 0 fully saturated rings. The Morgan fingerprint density at radius 3 is 2.89 bits per heavy atom. The maximum Gasteiger partial charge on any atom is 0.159 e. The van der Waals surface area contributed by atoms with Crippen LogP contribution in [0.3, 0.4) is 0 Å². The minimum atomic E-state index is 0.680. The van der Waals surface area contributed by atoms with E-state index in [1.54, 1.807) is 0 Å². The van der Waals surface area contributed by atoms with Crippen molar-refractivity contribution in [3.63, 3.8) is 0 Å². The molecular weight excluding hydrogens is 236 g/mol. The van der Waals surface area contributed by atoms with Crippen LogP contribution >= 0.6 is 0 Å². The van der Waals surface area contributed by atoms with Crippen LogP contribution in [0, 0.1) is 13.8 Å². The minimum absolute atomic E-state index is 0.680. The van der Waals surface area contributed by atoms with Crippen LogP contribution in [0.2, 0.25) is 0 Å². The fourth-order valence-corrected chi connectivity index (χ4v) is 2.48. The molecule has 0 aliphatic carbocycles. The Hall–Kier alpha value is -1.94. The molecule has 0 saturated carbocycles. The Bertz CT molecular complexity index is 743. The Morgan fingerprint density at radius 1 is 1.26 bits per heavy atom. The predicted octanol–water partition coefficient (Wildman–Crippen LogP) is 2.39. The zero-order valence-electron chi connectivity index (χ0n) is 11.3. The largest absolute Gasteiger partial charge is 0.330 e. The molecule has 0 radical (unpaired) electrons. The molecule has 1 aromatic carbocycles. The lowest BCUT2D eigenvalue weighted by atomic mass is 10.2. The Labute approximate surface area is 112 Å². The molecule has 3 aromatic rings. The van der Waals surface area contributed by atoms with Crippen LogP contribution in [-0.4, -0.2) is 20.9 Å². The molecule has 0 atom stereocenters. The van der Waals surface area contributed by atoms with Crippen molar-refractivity contribution in [2.45, 2.75) is 26.7 Å². The zero-order chi connectivity index (χ0) is 13.4. The van der Waals surface area contributed by atoms with Crippen molar-refractivity contribution in [1.29, 1.82) is 0 Å². The molecule has 0 saturated heterocycles. The topological polar surface area (TPSA) is 56.2 Å². The number of nitrogens with two attached hydrogens (primary N) is 1. The third-order valence-corrected chi connectivity index (χ3v) is 3.44. The highest BCUT2D eigenvalue weighted by molar-refractivity contribution is 5.79. The van der Waals surface area contributed by atoms with Crippen molar-refractivity contribution < 1.29 is 0 Å². The quantitative estimate of drug-likeness (QED) is 0.780. The van der Waals surface area contributed by atoms with E-state index >= 15 is 0 Å². The molecule has 0 aliphatic rings. The number of benzene rings is 1. The van der Waals surface area contributed by atoms with Crippen molar-refractivity contribution in [2.75, 3.05) is 6.54 Å². The van der Waals surface area contributed by atoms with Gasteiger partial charge in [0.15, 0.2) is 5.65 Å². The smallest absolute Gasteiger partial charge is 0.159 e. The van der Waals surface area contributed by atoms with Gasteiger partial charge >= 0.3 is 0 Å². The second-order valence-electron chi connectivity index (χ2n) is 5.00. The molecule has 0 amide bonds. The molecule has 4 heteroatoms. The summed E-state index contributed by atoms with van der Waals surface area (Å²) in [5.74, 6) is 0. The van der Waals surface area contributed by atoms with E-state index in [2.05, 4.69) is 41.4 Å². The van der Waals surface area contributed by atoms with Crippen LogP contribution in [-0.2, 0) is 6.42 Å². The van der Waals surface area contributed by atoms with Crippen molar-refractivity contribution >= 4 is 16.7 Å². The lowest BCUT2D eigenvalue weighted by Crippen LogP contribution is -2.05. The van der Waals surface area contributed by atoms with Crippen LogP contribution in [0.4, 0.5) is 0 Å². The molecule has 0 aliphatic heterocycles. The van der Waals surface area contributed by atoms with Crippen LogP contribution in [0.25, 0.3) is 16.7 Å². The number of imidazole rings is 1. The van der Waals surface area contributed by atoms with E-state index in [1.807, 2.05) is 6.20 Å². The summed E-state index contributed by atoms with van der Waals surface area (Å²) in [5, 5.41) is 0. The average Bonchev–Trinajstić information content (AvgIpc) is 2.79. The van der Waals surface area contributed by atoms with E-state index < -0.39 is 0 Å². The Morgan fingerprint density at radius 2 is 2.11 bits per heavy atom. The first-order valence-corrected chi connectivity index (χ1v) is 6.64. The lowest BCUT2D eigenvalue weighted by Gasteiger charge is -2.09. The summed E-state index contributed by atoms with van der Waals surface area (Å²) in [6.45, 7) is 4.85. The van der Waals surface area contributed by atoms with Gasteiger partial charge in [0.1, 0.15) is 0 Å². The number of nitrogens with zero attached hydrogens (tertiary/aromatic N) is 3. The number of fused-ring (bicyclic) bond motifs is 3. The first-order valence-electron chi connectivity index (χ1n) is 6.64. The van der Waals surface area contributed by atoms with Gasteiger partial charge in [0.2, 0.25) is 0 Å². The van der Waals surface area contributed by atoms with Gasteiger partial charge in [-0.1, -0.05) is 6.07 Å². The summed E-state index contributed by atoms with van der Waals surface area (Å²) in [4.78, 5) is 9.27. The maximum atomic E-state index is 5.60. The summed E-state index contributed by atoms with van der Waals surface area (Å²) in [5.41, 5.74) is 12.1. The summed E-state index contributed by atoms with van der Waals surface area (Å²) in [6, 6.07) is 6.34. The second kappa shape index (κ2) is 4.63. The highest BCUT2D eigenvalue weighted by Crippen LogP contribution is 2.21. The van der Waals surface area contributed by atoms with Gasteiger partial charge in [-0.2, -0.15) is 0 Å². The number of hydrogen-bond acceptors (Lipinski definition) is 3. The fourth-order valence-electron chi connectivity index (χ4n) is 2.48. The molecule has 3 rings (SSSR count). The standard InChI is InChI=1S/C15H18N4/c1-10-5-6-12-14(8-10)19-11(2)9-17-15(19)13(18-12)4-3-7-16/h5-6,8-9H,3-4,7,16H2,1-2H3. The summed E-state index contributed by atoms with van der Waals surface area (Å²) in [6.07, 6.45) is 3.72. The molecular formula is C15H18N4. The number of rotatable bonds is 3.